The standard InChI is InChI=1S/C21H22N4O/c1-15-12-20(25-21(23-15)17-8-5-10-22-14-17)24-18-9-11-26-19(13-18)16-6-3-2-4-7-16/h2-8,10,12,14,18-19H,9,11,13H2,1H3,(H,23,24,25). The van der Waals surface area contributed by atoms with Gasteiger partial charge in [-0.05, 0) is 37.5 Å². The topological polar surface area (TPSA) is 59.9 Å². The van der Waals surface area contributed by atoms with Crippen molar-refractivity contribution in [2.45, 2.75) is 31.9 Å². The maximum Gasteiger partial charge on any atom is 0.163 e. The molecule has 1 N–H and O–H groups in total. The van der Waals surface area contributed by atoms with Crippen molar-refractivity contribution in [2.75, 3.05) is 11.9 Å². The lowest BCUT2D eigenvalue weighted by Crippen LogP contribution is -2.30. The first-order chi connectivity index (χ1) is 12.8. The van der Waals surface area contributed by atoms with Gasteiger partial charge in [-0.1, -0.05) is 30.3 Å². The quantitative estimate of drug-likeness (QED) is 0.768. The van der Waals surface area contributed by atoms with Crippen molar-refractivity contribution in [1.29, 1.82) is 0 Å². The van der Waals surface area contributed by atoms with Gasteiger partial charge in [-0.15, -0.1) is 0 Å². The van der Waals surface area contributed by atoms with E-state index in [1.807, 2.05) is 31.2 Å². The third-order valence-electron chi connectivity index (χ3n) is 4.58. The zero-order chi connectivity index (χ0) is 17.8. The first-order valence-electron chi connectivity index (χ1n) is 8.97. The van der Waals surface area contributed by atoms with Gasteiger partial charge in [0.2, 0.25) is 0 Å². The fourth-order valence-corrected chi connectivity index (χ4v) is 3.30. The van der Waals surface area contributed by atoms with Crippen LogP contribution in [0.15, 0.2) is 60.9 Å². The Bertz CT molecular complexity index is 854. The number of ether oxygens (including phenoxy) is 1. The van der Waals surface area contributed by atoms with E-state index >= 15 is 0 Å². The number of benzene rings is 1. The average Bonchev–Trinajstić information content (AvgIpc) is 2.69. The third kappa shape index (κ3) is 3.89. The Kier molecular flexibility index (Phi) is 4.88. The number of pyridine rings is 1. The maximum absolute atomic E-state index is 5.97. The molecule has 3 aromatic rings. The fourth-order valence-electron chi connectivity index (χ4n) is 3.30. The Labute approximate surface area is 153 Å². The van der Waals surface area contributed by atoms with Gasteiger partial charge in [-0.25, -0.2) is 9.97 Å². The molecular weight excluding hydrogens is 324 g/mol. The van der Waals surface area contributed by atoms with Crippen LogP contribution in [-0.4, -0.2) is 27.6 Å². The van der Waals surface area contributed by atoms with Gasteiger partial charge in [-0.2, -0.15) is 0 Å². The summed E-state index contributed by atoms with van der Waals surface area (Å²) >= 11 is 0. The van der Waals surface area contributed by atoms with Crippen molar-refractivity contribution in [3.8, 4) is 11.4 Å². The number of nitrogens with zero attached hydrogens (tertiary/aromatic N) is 3. The molecule has 2 unspecified atom stereocenters. The molecular formula is C21H22N4O. The minimum atomic E-state index is 0.128. The Morgan fingerprint density at radius 3 is 2.77 bits per heavy atom. The molecule has 1 fully saturated rings. The molecule has 0 amide bonds. The van der Waals surface area contributed by atoms with Gasteiger partial charge < -0.3 is 10.1 Å². The first kappa shape index (κ1) is 16.7. The Hall–Kier alpha value is -2.79. The third-order valence-corrected chi connectivity index (χ3v) is 4.58. The van der Waals surface area contributed by atoms with Crippen molar-refractivity contribution < 1.29 is 4.74 Å². The number of hydrogen-bond acceptors (Lipinski definition) is 5. The molecule has 5 nitrogen and oxygen atoms in total. The van der Waals surface area contributed by atoms with Crippen molar-refractivity contribution in [3.05, 3.63) is 72.2 Å². The van der Waals surface area contributed by atoms with Gasteiger partial charge in [0.1, 0.15) is 5.82 Å². The smallest absolute Gasteiger partial charge is 0.163 e. The zero-order valence-electron chi connectivity index (χ0n) is 14.8. The molecule has 1 aliphatic heterocycles. The number of hydrogen-bond donors (Lipinski definition) is 1. The van der Waals surface area contributed by atoms with Gasteiger partial charge in [0.25, 0.3) is 0 Å². The monoisotopic (exact) mass is 346 g/mol. The molecule has 2 aromatic heterocycles. The summed E-state index contributed by atoms with van der Waals surface area (Å²) in [6, 6.07) is 16.6. The number of nitrogens with one attached hydrogen (secondary N) is 1. The predicted molar refractivity (Wildman–Crippen MR) is 102 cm³/mol. The van der Waals surface area contributed by atoms with E-state index in [-0.39, 0.29) is 6.10 Å². The molecule has 0 radical (unpaired) electrons. The molecule has 0 saturated carbocycles. The second-order valence-electron chi connectivity index (χ2n) is 6.60. The van der Waals surface area contributed by atoms with Crippen LogP contribution in [-0.2, 0) is 4.74 Å². The summed E-state index contributed by atoms with van der Waals surface area (Å²) in [4.78, 5) is 13.4. The van der Waals surface area contributed by atoms with Gasteiger partial charge in [0, 0.05) is 42.4 Å². The van der Waals surface area contributed by atoms with E-state index in [1.165, 1.54) is 5.56 Å². The number of anilines is 1. The SMILES string of the molecule is Cc1cc(NC2CCOC(c3ccccc3)C2)nc(-c2cccnc2)n1. The maximum atomic E-state index is 5.97. The van der Waals surface area contributed by atoms with Crippen LogP contribution in [0.5, 0.6) is 0 Å². The summed E-state index contributed by atoms with van der Waals surface area (Å²) in [5.41, 5.74) is 3.09. The zero-order valence-corrected chi connectivity index (χ0v) is 14.8. The minimum absolute atomic E-state index is 0.128. The fraction of sp³-hybridized carbons (Fsp3) is 0.286. The molecule has 3 heterocycles. The lowest BCUT2D eigenvalue weighted by molar-refractivity contribution is 0.00974. The molecule has 0 aliphatic carbocycles. The predicted octanol–water partition coefficient (Wildman–Crippen LogP) is 4.18. The highest BCUT2D eigenvalue weighted by Crippen LogP contribution is 2.29. The van der Waals surface area contributed by atoms with Crippen molar-refractivity contribution >= 4 is 5.82 Å². The van der Waals surface area contributed by atoms with E-state index in [2.05, 4.69) is 39.6 Å². The summed E-state index contributed by atoms with van der Waals surface area (Å²) in [5, 5.41) is 3.58. The molecule has 2 atom stereocenters. The molecule has 5 heteroatoms. The van der Waals surface area contributed by atoms with Crippen LogP contribution in [0, 0.1) is 6.92 Å². The van der Waals surface area contributed by atoms with Crippen molar-refractivity contribution in [3.63, 3.8) is 0 Å². The highest BCUT2D eigenvalue weighted by atomic mass is 16.5. The highest BCUT2D eigenvalue weighted by molar-refractivity contribution is 5.56. The van der Waals surface area contributed by atoms with Gasteiger partial charge >= 0.3 is 0 Å². The Balaban J connectivity index is 1.51. The van der Waals surface area contributed by atoms with Crippen LogP contribution < -0.4 is 5.32 Å². The second-order valence-corrected chi connectivity index (χ2v) is 6.60. The van der Waals surface area contributed by atoms with Crippen LogP contribution in [0.2, 0.25) is 0 Å². The van der Waals surface area contributed by atoms with Crippen LogP contribution in [0.25, 0.3) is 11.4 Å². The molecule has 0 bridgehead atoms. The van der Waals surface area contributed by atoms with Crippen LogP contribution in [0.1, 0.15) is 30.2 Å². The highest BCUT2D eigenvalue weighted by Gasteiger charge is 2.24. The number of aromatic nitrogens is 3. The van der Waals surface area contributed by atoms with E-state index in [0.29, 0.717) is 11.9 Å². The molecule has 1 aromatic carbocycles. The Morgan fingerprint density at radius 1 is 1.08 bits per heavy atom. The van der Waals surface area contributed by atoms with Gasteiger partial charge in [0.15, 0.2) is 5.82 Å². The summed E-state index contributed by atoms with van der Waals surface area (Å²) in [6.45, 7) is 2.74. The normalized spacial score (nSPS) is 19.9. The molecule has 1 aliphatic rings. The molecule has 1 saturated heterocycles. The molecule has 0 spiro atoms. The van der Waals surface area contributed by atoms with Crippen LogP contribution in [0.3, 0.4) is 0 Å². The molecule has 26 heavy (non-hydrogen) atoms. The van der Waals surface area contributed by atoms with Gasteiger partial charge in [-0.3, -0.25) is 4.98 Å². The second kappa shape index (κ2) is 7.62. The van der Waals surface area contributed by atoms with E-state index in [9.17, 15) is 0 Å². The van der Waals surface area contributed by atoms with E-state index in [4.69, 9.17) is 9.72 Å². The summed E-state index contributed by atoms with van der Waals surface area (Å²) in [5.74, 6) is 1.56. The van der Waals surface area contributed by atoms with Crippen LogP contribution in [0.4, 0.5) is 5.82 Å². The van der Waals surface area contributed by atoms with Crippen molar-refractivity contribution in [1.82, 2.24) is 15.0 Å². The lowest BCUT2D eigenvalue weighted by atomic mass is 9.97. The lowest BCUT2D eigenvalue weighted by Gasteiger charge is -2.30. The average molecular weight is 346 g/mol. The summed E-state index contributed by atoms with van der Waals surface area (Å²) < 4.78 is 5.97. The first-order valence-corrected chi connectivity index (χ1v) is 8.97. The molecule has 132 valence electrons. The van der Waals surface area contributed by atoms with Crippen LogP contribution >= 0.6 is 0 Å². The summed E-state index contributed by atoms with van der Waals surface area (Å²) in [7, 11) is 0. The summed E-state index contributed by atoms with van der Waals surface area (Å²) in [6.07, 6.45) is 5.56. The number of aryl methyl sites for hydroxylation is 1. The largest absolute Gasteiger partial charge is 0.373 e. The Morgan fingerprint density at radius 2 is 1.96 bits per heavy atom. The minimum Gasteiger partial charge on any atom is -0.373 e. The van der Waals surface area contributed by atoms with Crippen molar-refractivity contribution in [2.24, 2.45) is 0 Å². The van der Waals surface area contributed by atoms with E-state index < -0.39 is 0 Å². The van der Waals surface area contributed by atoms with E-state index in [0.717, 1.165) is 36.5 Å². The number of rotatable bonds is 4. The van der Waals surface area contributed by atoms with Gasteiger partial charge in [0.05, 0.1) is 6.10 Å². The molecule has 4 rings (SSSR count). The van der Waals surface area contributed by atoms with E-state index in [1.54, 1.807) is 12.4 Å².